The maximum atomic E-state index is 13.5. The fraction of sp³-hybridized carbons (Fsp3) is 0.533. The first-order valence-electron chi connectivity index (χ1n) is 6.86. The molecule has 0 saturated carbocycles. The Morgan fingerprint density at radius 2 is 2.30 bits per heavy atom. The second-order valence-corrected chi connectivity index (χ2v) is 5.10. The highest BCUT2D eigenvalue weighted by atomic mass is 19.1. The summed E-state index contributed by atoms with van der Waals surface area (Å²) >= 11 is 0. The van der Waals surface area contributed by atoms with Crippen LogP contribution in [0.15, 0.2) is 18.2 Å². The minimum absolute atomic E-state index is 0.237. The monoisotopic (exact) mass is 281 g/mol. The van der Waals surface area contributed by atoms with E-state index in [1.807, 2.05) is 6.92 Å². The Balaban J connectivity index is 2.25. The third-order valence-corrected chi connectivity index (χ3v) is 3.33. The molecule has 0 aliphatic carbocycles. The molecule has 1 N–H and O–H groups in total. The van der Waals surface area contributed by atoms with Crippen LogP contribution in [0, 0.1) is 12.7 Å². The van der Waals surface area contributed by atoms with E-state index in [0.717, 1.165) is 12.0 Å². The van der Waals surface area contributed by atoms with Gasteiger partial charge in [-0.1, -0.05) is 0 Å². The molecule has 20 heavy (non-hydrogen) atoms. The van der Waals surface area contributed by atoms with Gasteiger partial charge >= 0.3 is 5.97 Å². The van der Waals surface area contributed by atoms with Crippen molar-refractivity contribution in [3.63, 3.8) is 0 Å². The Kier molecular flexibility index (Phi) is 4.60. The Labute approximate surface area is 118 Å². The average Bonchev–Trinajstić information content (AvgIpc) is 2.38. The highest BCUT2D eigenvalue weighted by Crippen LogP contribution is 2.27. The van der Waals surface area contributed by atoms with Crippen LogP contribution in [0.2, 0.25) is 0 Å². The summed E-state index contributed by atoms with van der Waals surface area (Å²) in [5, 5.41) is 3.12. The molecule has 1 heterocycles. The first-order chi connectivity index (χ1) is 9.55. The van der Waals surface area contributed by atoms with Gasteiger partial charge in [0.25, 0.3) is 0 Å². The van der Waals surface area contributed by atoms with Crippen molar-refractivity contribution >= 4 is 11.7 Å². The van der Waals surface area contributed by atoms with Gasteiger partial charge < -0.3 is 14.8 Å². The number of hydrogen-bond donors (Lipinski definition) is 1. The molecule has 0 bridgehead atoms. The van der Waals surface area contributed by atoms with Crippen LogP contribution in [0.5, 0.6) is 0 Å². The second-order valence-electron chi connectivity index (χ2n) is 5.10. The number of carbonyl (C=O) groups excluding carboxylic acids is 1. The van der Waals surface area contributed by atoms with Crippen LogP contribution < -0.4 is 5.32 Å². The summed E-state index contributed by atoms with van der Waals surface area (Å²) < 4.78 is 24.0. The van der Waals surface area contributed by atoms with E-state index in [2.05, 4.69) is 5.32 Å². The largest absolute Gasteiger partial charge is 0.464 e. The van der Waals surface area contributed by atoms with Crippen molar-refractivity contribution in [3.8, 4) is 0 Å². The zero-order valence-corrected chi connectivity index (χ0v) is 11.9. The molecule has 1 aromatic carbocycles. The van der Waals surface area contributed by atoms with Gasteiger partial charge in [0.05, 0.1) is 13.2 Å². The van der Waals surface area contributed by atoms with Gasteiger partial charge in [-0.25, -0.2) is 9.18 Å². The Morgan fingerprint density at radius 1 is 1.50 bits per heavy atom. The minimum atomic E-state index is -0.922. The Morgan fingerprint density at radius 3 is 2.90 bits per heavy atom. The van der Waals surface area contributed by atoms with Crippen LogP contribution in [-0.2, 0) is 14.3 Å². The molecule has 0 amide bonds. The fourth-order valence-corrected chi connectivity index (χ4v) is 2.46. The van der Waals surface area contributed by atoms with Gasteiger partial charge in [0, 0.05) is 12.3 Å². The highest BCUT2D eigenvalue weighted by molar-refractivity contribution is 5.85. The SMILES string of the molecule is CCOC(=O)C1(Nc2cc(C)cc(F)c2)CCCOC1. The van der Waals surface area contributed by atoms with Crippen molar-refractivity contribution in [1.29, 1.82) is 0 Å². The Hall–Kier alpha value is -1.62. The lowest BCUT2D eigenvalue weighted by molar-refractivity contribution is -0.153. The van der Waals surface area contributed by atoms with E-state index in [0.29, 0.717) is 25.3 Å². The van der Waals surface area contributed by atoms with Crippen LogP contribution in [0.1, 0.15) is 25.3 Å². The fourth-order valence-electron chi connectivity index (χ4n) is 2.46. The molecule has 1 unspecified atom stereocenters. The van der Waals surface area contributed by atoms with E-state index >= 15 is 0 Å². The number of carbonyl (C=O) groups is 1. The quantitative estimate of drug-likeness (QED) is 0.862. The lowest BCUT2D eigenvalue weighted by Crippen LogP contribution is -2.53. The number of hydrogen-bond acceptors (Lipinski definition) is 4. The first-order valence-corrected chi connectivity index (χ1v) is 6.86. The molecule has 0 radical (unpaired) electrons. The molecule has 1 saturated heterocycles. The molecule has 1 aliphatic heterocycles. The standard InChI is InChI=1S/C15H20FNO3/c1-3-20-14(18)15(5-4-6-19-10-15)17-13-8-11(2)7-12(16)9-13/h7-9,17H,3-6,10H2,1-2H3. The number of ether oxygens (including phenoxy) is 2. The lowest BCUT2D eigenvalue weighted by atomic mass is 9.92. The minimum Gasteiger partial charge on any atom is -0.464 e. The van der Waals surface area contributed by atoms with Gasteiger partial charge in [0.2, 0.25) is 0 Å². The van der Waals surface area contributed by atoms with E-state index in [9.17, 15) is 9.18 Å². The smallest absolute Gasteiger partial charge is 0.334 e. The van der Waals surface area contributed by atoms with Gasteiger partial charge in [0.1, 0.15) is 5.82 Å². The summed E-state index contributed by atoms with van der Waals surface area (Å²) in [4.78, 5) is 12.2. The van der Waals surface area contributed by atoms with Gasteiger partial charge in [0.15, 0.2) is 5.54 Å². The third kappa shape index (κ3) is 3.28. The van der Waals surface area contributed by atoms with Crippen LogP contribution in [-0.4, -0.2) is 31.3 Å². The van der Waals surface area contributed by atoms with Gasteiger partial charge in [-0.15, -0.1) is 0 Å². The predicted octanol–water partition coefficient (Wildman–Crippen LogP) is 2.66. The first kappa shape index (κ1) is 14.8. The molecular formula is C15H20FNO3. The zero-order valence-electron chi connectivity index (χ0n) is 11.9. The van der Waals surface area contributed by atoms with Gasteiger partial charge in [-0.3, -0.25) is 0 Å². The number of nitrogens with one attached hydrogen (secondary N) is 1. The van der Waals surface area contributed by atoms with Crippen molar-refractivity contribution in [2.75, 3.05) is 25.1 Å². The van der Waals surface area contributed by atoms with Crippen molar-refractivity contribution in [2.24, 2.45) is 0 Å². The number of esters is 1. The molecule has 110 valence electrons. The van der Waals surface area contributed by atoms with Crippen LogP contribution in [0.4, 0.5) is 10.1 Å². The normalized spacial score (nSPS) is 22.4. The van der Waals surface area contributed by atoms with Crippen molar-refractivity contribution in [2.45, 2.75) is 32.2 Å². The van der Waals surface area contributed by atoms with E-state index in [-0.39, 0.29) is 18.4 Å². The highest BCUT2D eigenvalue weighted by Gasteiger charge is 2.42. The number of rotatable bonds is 4. The maximum Gasteiger partial charge on any atom is 0.334 e. The summed E-state index contributed by atoms with van der Waals surface area (Å²) in [7, 11) is 0. The number of anilines is 1. The van der Waals surface area contributed by atoms with E-state index in [4.69, 9.17) is 9.47 Å². The van der Waals surface area contributed by atoms with Gasteiger partial charge in [-0.05, 0) is 50.5 Å². The number of halogens is 1. The molecule has 1 atom stereocenters. The Bertz CT molecular complexity index is 464. The molecule has 1 fully saturated rings. The summed E-state index contributed by atoms with van der Waals surface area (Å²) in [5.41, 5.74) is 0.443. The van der Waals surface area contributed by atoms with Crippen molar-refractivity contribution in [1.82, 2.24) is 0 Å². The summed E-state index contributed by atoms with van der Waals surface area (Å²) in [6.45, 7) is 4.75. The van der Waals surface area contributed by atoms with Crippen LogP contribution >= 0.6 is 0 Å². The summed E-state index contributed by atoms with van der Waals surface area (Å²) in [6.07, 6.45) is 1.38. The molecule has 0 aromatic heterocycles. The topological polar surface area (TPSA) is 47.6 Å². The van der Waals surface area contributed by atoms with Crippen LogP contribution in [0.3, 0.4) is 0 Å². The second kappa shape index (κ2) is 6.22. The van der Waals surface area contributed by atoms with E-state index in [1.165, 1.54) is 12.1 Å². The molecule has 1 aliphatic rings. The summed E-state index contributed by atoms with van der Waals surface area (Å²) in [5.74, 6) is -0.676. The summed E-state index contributed by atoms with van der Waals surface area (Å²) in [6, 6.07) is 4.63. The molecule has 4 nitrogen and oxygen atoms in total. The molecular weight excluding hydrogens is 261 g/mol. The van der Waals surface area contributed by atoms with Gasteiger partial charge in [-0.2, -0.15) is 0 Å². The predicted molar refractivity (Wildman–Crippen MR) is 74.2 cm³/mol. The molecule has 2 rings (SSSR count). The van der Waals surface area contributed by atoms with Crippen molar-refractivity contribution < 1.29 is 18.7 Å². The average molecular weight is 281 g/mol. The van der Waals surface area contributed by atoms with Crippen molar-refractivity contribution in [3.05, 3.63) is 29.6 Å². The molecule has 5 heteroatoms. The van der Waals surface area contributed by atoms with E-state index < -0.39 is 5.54 Å². The number of benzene rings is 1. The number of aryl methyl sites for hydroxylation is 1. The zero-order chi connectivity index (χ0) is 14.6. The molecule has 1 aromatic rings. The lowest BCUT2D eigenvalue weighted by Gasteiger charge is -2.36. The van der Waals surface area contributed by atoms with E-state index in [1.54, 1.807) is 13.0 Å². The third-order valence-electron chi connectivity index (χ3n) is 3.33. The maximum absolute atomic E-state index is 13.5. The van der Waals surface area contributed by atoms with Crippen LogP contribution in [0.25, 0.3) is 0 Å². The molecule has 0 spiro atoms.